The molecule has 0 aliphatic heterocycles. The van der Waals surface area contributed by atoms with E-state index < -0.39 is 0 Å². The Bertz CT molecular complexity index is 558. The fraction of sp³-hybridized carbons (Fsp3) is 0.294. The maximum atomic E-state index is 12.9. The molecule has 0 amide bonds. The summed E-state index contributed by atoms with van der Waals surface area (Å²) in [6.07, 6.45) is 0. The lowest BCUT2D eigenvalue weighted by Crippen LogP contribution is -2.29. The molecule has 106 valence electrons. The van der Waals surface area contributed by atoms with E-state index in [0.29, 0.717) is 6.54 Å². The Morgan fingerprint density at radius 1 is 1.05 bits per heavy atom. The first kappa shape index (κ1) is 14.5. The van der Waals surface area contributed by atoms with Crippen molar-refractivity contribution >= 4 is 5.69 Å². The van der Waals surface area contributed by atoms with Crippen LogP contribution in [0.15, 0.2) is 42.5 Å². The van der Waals surface area contributed by atoms with Gasteiger partial charge < -0.3 is 10.6 Å². The Balaban J connectivity index is 2.10. The van der Waals surface area contributed by atoms with E-state index in [0.717, 1.165) is 11.3 Å². The Morgan fingerprint density at radius 2 is 1.60 bits per heavy atom. The van der Waals surface area contributed by atoms with Gasteiger partial charge in [0.25, 0.3) is 0 Å². The van der Waals surface area contributed by atoms with E-state index in [2.05, 4.69) is 32.0 Å². The van der Waals surface area contributed by atoms with Crippen LogP contribution in [0.1, 0.15) is 22.7 Å². The van der Waals surface area contributed by atoms with Crippen molar-refractivity contribution in [2.45, 2.75) is 19.9 Å². The predicted molar refractivity (Wildman–Crippen MR) is 82.5 cm³/mol. The Morgan fingerprint density at radius 3 is 2.15 bits per heavy atom. The highest BCUT2D eigenvalue weighted by atomic mass is 19.1. The van der Waals surface area contributed by atoms with Crippen LogP contribution in [0.2, 0.25) is 0 Å². The van der Waals surface area contributed by atoms with Gasteiger partial charge >= 0.3 is 0 Å². The van der Waals surface area contributed by atoms with Crippen LogP contribution < -0.4 is 10.6 Å². The van der Waals surface area contributed by atoms with E-state index >= 15 is 0 Å². The molecule has 3 heteroatoms. The zero-order valence-corrected chi connectivity index (χ0v) is 12.2. The second-order valence-electron chi connectivity index (χ2n) is 5.38. The molecule has 0 aliphatic rings. The number of nitrogens with two attached hydrogens (primary N) is 1. The smallest absolute Gasteiger partial charge is 0.123 e. The number of aryl methyl sites for hydroxylation is 2. The number of benzene rings is 2. The fourth-order valence-corrected chi connectivity index (χ4v) is 2.43. The molecule has 2 aromatic carbocycles. The molecule has 0 radical (unpaired) electrons. The lowest BCUT2D eigenvalue weighted by atomic mass is 10.0. The third-order valence-corrected chi connectivity index (χ3v) is 3.41. The number of rotatable bonds is 4. The average Bonchev–Trinajstić information content (AvgIpc) is 2.38. The highest BCUT2D eigenvalue weighted by Gasteiger charge is 2.11. The van der Waals surface area contributed by atoms with Gasteiger partial charge in [-0.15, -0.1) is 0 Å². The molecule has 0 saturated carbocycles. The highest BCUT2D eigenvalue weighted by molar-refractivity contribution is 5.46. The van der Waals surface area contributed by atoms with Crippen molar-refractivity contribution in [2.75, 3.05) is 18.5 Å². The molecule has 0 saturated heterocycles. The van der Waals surface area contributed by atoms with E-state index in [1.807, 2.05) is 11.9 Å². The van der Waals surface area contributed by atoms with Crippen molar-refractivity contribution in [1.82, 2.24) is 0 Å². The normalized spacial score (nSPS) is 12.2. The first-order chi connectivity index (χ1) is 9.45. The number of likely N-dealkylation sites (N-methyl/N-ethyl adjacent to an activating group) is 1. The van der Waals surface area contributed by atoms with Gasteiger partial charge in [0.15, 0.2) is 0 Å². The van der Waals surface area contributed by atoms with Gasteiger partial charge in [0.2, 0.25) is 0 Å². The Labute approximate surface area is 120 Å². The van der Waals surface area contributed by atoms with Crippen molar-refractivity contribution in [3.8, 4) is 0 Å². The van der Waals surface area contributed by atoms with Crippen LogP contribution in [0, 0.1) is 19.7 Å². The summed E-state index contributed by atoms with van der Waals surface area (Å²) < 4.78 is 12.9. The van der Waals surface area contributed by atoms with Crippen molar-refractivity contribution < 1.29 is 4.39 Å². The maximum Gasteiger partial charge on any atom is 0.123 e. The monoisotopic (exact) mass is 272 g/mol. The number of halogens is 1. The second-order valence-corrected chi connectivity index (χ2v) is 5.38. The molecule has 1 unspecified atom stereocenters. The summed E-state index contributed by atoms with van der Waals surface area (Å²) in [7, 11) is 1.97. The molecule has 1 atom stereocenters. The molecule has 0 fully saturated rings. The van der Waals surface area contributed by atoms with Gasteiger partial charge in [-0.05, 0) is 43.7 Å². The third kappa shape index (κ3) is 3.58. The molecule has 0 bridgehead atoms. The zero-order valence-electron chi connectivity index (χ0n) is 12.2. The maximum absolute atomic E-state index is 12.9. The van der Waals surface area contributed by atoms with Crippen LogP contribution in [0.25, 0.3) is 0 Å². The standard InChI is InChI=1S/C17H21FN2/c1-12-8-13(2)10-14(9-12)17(19)11-20(3)16-6-4-15(18)5-7-16/h4-10,17H,11,19H2,1-3H3. The quantitative estimate of drug-likeness (QED) is 0.921. The SMILES string of the molecule is Cc1cc(C)cc(C(N)CN(C)c2ccc(F)cc2)c1. The van der Waals surface area contributed by atoms with Gasteiger partial charge in [-0.25, -0.2) is 4.39 Å². The molecular formula is C17H21FN2. The van der Waals surface area contributed by atoms with E-state index in [4.69, 9.17) is 5.73 Å². The molecule has 2 rings (SSSR count). The molecule has 2 N–H and O–H groups in total. The lowest BCUT2D eigenvalue weighted by Gasteiger charge is -2.24. The fourth-order valence-electron chi connectivity index (χ4n) is 2.43. The van der Waals surface area contributed by atoms with Gasteiger partial charge in [0.1, 0.15) is 5.82 Å². The van der Waals surface area contributed by atoms with Crippen LogP contribution in [-0.4, -0.2) is 13.6 Å². The summed E-state index contributed by atoms with van der Waals surface area (Å²) in [4.78, 5) is 2.04. The van der Waals surface area contributed by atoms with Crippen LogP contribution >= 0.6 is 0 Å². The summed E-state index contributed by atoms with van der Waals surface area (Å²) in [5.41, 5.74) is 10.8. The van der Waals surface area contributed by atoms with Crippen molar-refractivity contribution in [2.24, 2.45) is 5.73 Å². The Hall–Kier alpha value is -1.87. The summed E-state index contributed by atoms with van der Waals surface area (Å²) >= 11 is 0. The Kier molecular flexibility index (Phi) is 4.40. The minimum Gasteiger partial charge on any atom is -0.373 e. The number of anilines is 1. The molecule has 20 heavy (non-hydrogen) atoms. The highest BCUT2D eigenvalue weighted by Crippen LogP contribution is 2.19. The summed E-state index contributed by atoms with van der Waals surface area (Å²) in [5, 5.41) is 0. The van der Waals surface area contributed by atoms with Gasteiger partial charge in [0.05, 0.1) is 0 Å². The molecule has 0 aromatic heterocycles. The molecule has 2 aromatic rings. The molecular weight excluding hydrogens is 251 g/mol. The minimum atomic E-state index is -0.222. The summed E-state index contributed by atoms with van der Waals surface area (Å²) in [6.45, 7) is 4.84. The minimum absolute atomic E-state index is 0.0661. The van der Waals surface area contributed by atoms with Crippen molar-refractivity contribution in [1.29, 1.82) is 0 Å². The number of hydrogen-bond acceptors (Lipinski definition) is 2. The van der Waals surface area contributed by atoms with Gasteiger partial charge in [-0.3, -0.25) is 0 Å². The van der Waals surface area contributed by atoms with E-state index in [9.17, 15) is 4.39 Å². The van der Waals surface area contributed by atoms with E-state index in [-0.39, 0.29) is 11.9 Å². The first-order valence-electron chi connectivity index (χ1n) is 6.76. The van der Waals surface area contributed by atoms with Crippen LogP contribution in [0.3, 0.4) is 0 Å². The van der Waals surface area contributed by atoms with E-state index in [1.165, 1.54) is 23.3 Å². The summed E-state index contributed by atoms with van der Waals surface area (Å²) in [5.74, 6) is -0.222. The van der Waals surface area contributed by atoms with Gasteiger partial charge in [-0.1, -0.05) is 29.3 Å². The molecule has 0 aliphatic carbocycles. The van der Waals surface area contributed by atoms with Crippen LogP contribution in [-0.2, 0) is 0 Å². The topological polar surface area (TPSA) is 29.3 Å². The van der Waals surface area contributed by atoms with Crippen molar-refractivity contribution in [3.05, 3.63) is 65.0 Å². The average molecular weight is 272 g/mol. The first-order valence-corrected chi connectivity index (χ1v) is 6.76. The van der Waals surface area contributed by atoms with E-state index in [1.54, 1.807) is 12.1 Å². The van der Waals surface area contributed by atoms with Gasteiger partial charge in [-0.2, -0.15) is 0 Å². The lowest BCUT2D eigenvalue weighted by molar-refractivity contribution is 0.627. The van der Waals surface area contributed by atoms with Crippen molar-refractivity contribution in [3.63, 3.8) is 0 Å². The second kappa shape index (κ2) is 6.06. The molecule has 0 heterocycles. The van der Waals surface area contributed by atoms with Crippen LogP contribution in [0.4, 0.5) is 10.1 Å². The summed E-state index contributed by atoms with van der Waals surface area (Å²) in [6, 6.07) is 12.8. The van der Waals surface area contributed by atoms with Gasteiger partial charge in [0, 0.05) is 25.3 Å². The molecule has 2 nitrogen and oxygen atoms in total. The number of nitrogens with zero attached hydrogens (tertiary/aromatic N) is 1. The largest absolute Gasteiger partial charge is 0.373 e. The number of hydrogen-bond donors (Lipinski definition) is 1. The molecule has 0 spiro atoms. The predicted octanol–water partition coefficient (Wildman–Crippen LogP) is 3.58. The third-order valence-electron chi connectivity index (χ3n) is 3.41. The zero-order chi connectivity index (χ0) is 14.7. The van der Waals surface area contributed by atoms with Crippen LogP contribution in [0.5, 0.6) is 0 Å².